The molecule has 7 heteroatoms. The van der Waals surface area contributed by atoms with Crippen LogP contribution < -0.4 is 9.64 Å². The maximum atomic E-state index is 13.4. The van der Waals surface area contributed by atoms with Crippen molar-refractivity contribution in [1.82, 2.24) is 0 Å². The fraction of sp³-hybridized carbons (Fsp3) is 0.208. The second-order valence-corrected chi connectivity index (χ2v) is 6.78. The molecule has 4 rings (SSSR count). The molecular formula is C24H23F2NO4. The van der Waals surface area contributed by atoms with Gasteiger partial charge in [0.1, 0.15) is 24.0 Å². The zero-order valence-electron chi connectivity index (χ0n) is 17.3. The number of benzene rings is 3. The fourth-order valence-electron chi connectivity index (χ4n) is 3.20. The van der Waals surface area contributed by atoms with Crippen LogP contribution in [0.5, 0.6) is 5.75 Å². The standard InChI is InChI=1S/C16H13F2NO3.C8H10O/c1-21-14-4-2-13(3-5-14)19-15(9-22-16(19)20)10-6-11(17)8-12(18)7-10;1-9-7-8-5-3-2-4-6-8/h2-8,15H,9H2,1H3;2-6H,7H2,1H3/t15-;/m1./s1. The van der Waals surface area contributed by atoms with Gasteiger partial charge in [-0.1, -0.05) is 30.3 Å². The number of carbonyl (C=O) groups excluding carboxylic acids is 1. The molecule has 162 valence electrons. The lowest BCUT2D eigenvalue weighted by Gasteiger charge is -2.22. The van der Waals surface area contributed by atoms with Gasteiger partial charge in [-0.15, -0.1) is 0 Å². The van der Waals surface area contributed by atoms with Crippen molar-refractivity contribution in [2.24, 2.45) is 0 Å². The number of nitrogens with zero attached hydrogens (tertiary/aromatic N) is 1. The number of cyclic esters (lactones) is 1. The summed E-state index contributed by atoms with van der Waals surface area (Å²) in [7, 11) is 3.24. The minimum Gasteiger partial charge on any atom is -0.497 e. The van der Waals surface area contributed by atoms with E-state index in [2.05, 4.69) is 0 Å². The third-order valence-electron chi connectivity index (χ3n) is 4.65. The van der Waals surface area contributed by atoms with Gasteiger partial charge in [-0.3, -0.25) is 4.90 Å². The van der Waals surface area contributed by atoms with Crippen LogP contribution in [0, 0.1) is 11.6 Å². The molecule has 1 saturated heterocycles. The monoisotopic (exact) mass is 427 g/mol. The van der Waals surface area contributed by atoms with Crippen molar-refractivity contribution in [3.05, 3.63) is 95.6 Å². The van der Waals surface area contributed by atoms with E-state index in [-0.39, 0.29) is 6.61 Å². The molecule has 0 spiro atoms. The van der Waals surface area contributed by atoms with E-state index in [4.69, 9.17) is 14.2 Å². The van der Waals surface area contributed by atoms with E-state index >= 15 is 0 Å². The predicted molar refractivity (Wildman–Crippen MR) is 113 cm³/mol. The average molecular weight is 427 g/mol. The number of anilines is 1. The van der Waals surface area contributed by atoms with Crippen molar-refractivity contribution < 1.29 is 27.8 Å². The Morgan fingerprint density at radius 1 is 0.968 bits per heavy atom. The van der Waals surface area contributed by atoms with Crippen molar-refractivity contribution in [1.29, 1.82) is 0 Å². The molecule has 0 saturated carbocycles. The van der Waals surface area contributed by atoms with E-state index in [9.17, 15) is 13.6 Å². The van der Waals surface area contributed by atoms with E-state index < -0.39 is 23.8 Å². The third kappa shape index (κ3) is 5.79. The molecule has 1 fully saturated rings. The molecule has 0 unspecified atom stereocenters. The van der Waals surface area contributed by atoms with Crippen molar-refractivity contribution in [3.63, 3.8) is 0 Å². The molecule has 0 aromatic heterocycles. The minimum absolute atomic E-state index is 0.0355. The first-order chi connectivity index (χ1) is 15.0. The Morgan fingerprint density at radius 2 is 1.61 bits per heavy atom. The zero-order valence-corrected chi connectivity index (χ0v) is 17.3. The fourth-order valence-corrected chi connectivity index (χ4v) is 3.20. The van der Waals surface area contributed by atoms with Gasteiger partial charge in [-0.05, 0) is 47.5 Å². The Hall–Kier alpha value is -3.45. The van der Waals surface area contributed by atoms with Gasteiger partial charge < -0.3 is 14.2 Å². The quantitative estimate of drug-likeness (QED) is 0.539. The maximum Gasteiger partial charge on any atom is 0.415 e. The highest BCUT2D eigenvalue weighted by atomic mass is 19.1. The highest BCUT2D eigenvalue weighted by Gasteiger charge is 2.35. The topological polar surface area (TPSA) is 48.0 Å². The highest BCUT2D eigenvalue weighted by Crippen LogP contribution is 2.34. The second kappa shape index (κ2) is 10.5. The van der Waals surface area contributed by atoms with Gasteiger partial charge in [0.2, 0.25) is 0 Å². The van der Waals surface area contributed by atoms with E-state index in [0.29, 0.717) is 23.6 Å². The summed E-state index contributed by atoms with van der Waals surface area (Å²) < 4.78 is 41.8. The molecule has 3 aromatic rings. The normalized spacial score (nSPS) is 15.2. The maximum absolute atomic E-state index is 13.4. The van der Waals surface area contributed by atoms with E-state index in [0.717, 1.165) is 6.07 Å². The summed E-state index contributed by atoms with van der Waals surface area (Å²) in [6.45, 7) is 0.745. The van der Waals surface area contributed by atoms with Crippen LogP contribution in [0.25, 0.3) is 0 Å². The Morgan fingerprint density at radius 3 is 2.19 bits per heavy atom. The Kier molecular flexibility index (Phi) is 7.56. The lowest BCUT2D eigenvalue weighted by atomic mass is 10.1. The molecule has 1 aliphatic heterocycles. The lowest BCUT2D eigenvalue weighted by Crippen LogP contribution is -2.27. The van der Waals surface area contributed by atoms with Crippen LogP contribution in [0.4, 0.5) is 19.3 Å². The van der Waals surface area contributed by atoms with Crippen LogP contribution in [0.3, 0.4) is 0 Å². The van der Waals surface area contributed by atoms with Gasteiger partial charge >= 0.3 is 6.09 Å². The minimum atomic E-state index is -0.691. The Labute approximate surface area is 179 Å². The molecule has 5 nitrogen and oxygen atoms in total. The number of carbonyl (C=O) groups is 1. The number of rotatable bonds is 5. The Bertz CT molecular complexity index is 976. The molecule has 0 aliphatic carbocycles. The van der Waals surface area contributed by atoms with Crippen molar-refractivity contribution in [2.45, 2.75) is 12.6 Å². The van der Waals surface area contributed by atoms with E-state index in [1.165, 1.54) is 29.7 Å². The molecule has 31 heavy (non-hydrogen) atoms. The summed E-state index contributed by atoms with van der Waals surface area (Å²) >= 11 is 0. The molecule has 1 heterocycles. The molecule has 1 amide bonds. The van der Waals surface area contributed by atoms with Gasteiger partial charge in [0.15, 0.2) is 0 Å². The molecule has 0 radical (unpaired) electrons. The van der Waals surface area contributed by atoms with Crippen LogP contribution >= 0.6 is 0 Å². The number of amides is 1. The highest BCUT2D eigenvalue weighted by molar-refractivity contribution is 5.90. The first-order valence-corrected chi connectivity index (χ1v) is 9.60. The van der Waals surface area contributed by atoms with Crippen molar-refractivity contribution in [2.75, 3.05) is 25.7 Å². The summed E-state index contributed by atoms with van der Waals surface area (Å²) in [6, 6.07) is 19.5. The van der Waals surface area contributed by atoms with E-state index in [1.807, 2.05) is 30.3 Å². The van der Waals surface area contributed by atoms with Gasteiger partial charge in [-0.25, -0.2) is 13.6 Å². The summed E-state index contributed by atoms with van der Waals surface area (Å²) in [4.78, 5) is 13.3. The molecule has 1 aliphatic rings. The van der Waals surface area contributed by atoms with Crippen molar-refractivity contribution in [3.8, 4) is 5.75 Å². The summed E-state index contributed by atoms with van der Waals surface area (Å²) in [5.74, 6) is -0.738. The number of halogens is 2. The zero-order chi connectivity index (χ0) is 22.2. The van der Waals surface area contributed by atoms with Crippen LogP contribution in [-0.2, 0) is 16.1 Å². The van der Waals surface area contributed by atoms with Crippen LogP contribution in [0.15, 0.2) is 72.8 Å². The molecule has 1 atom stereocenters. The van der Waals surface area contributed by atoms with Gasteiger partial charge in [-0.2, -0.15) is 0 Å². The predicted octanol–water partition coefficient (Wildman–Crippen LogP) is 5.50. The second-order valence-electron chi connectivity index (χ2n) is 6.78. The van der Waals surface area contributed by atoms with Gasteiger partial charge in [0, 0.05) is 18.9 Å². The first kappa shape index (κ1) is 22.2. The smallest absolute Gasteiger partial charge is 0.415 e. The average Bonchev–Trinajstić information content (AvgIpc) is 3.16. The summed E-state index contributed by atoms with van der Waals surface area (Å²) in [5, 5.41) is 0. The third-order valence-corrected chi connectivity index (χ3v) is 4.65. The summed E-state index contributed by atoms with van der Waals surface area (Å²) in [5.41, 5.74) is 2.14. The molecular weight excluding hydrogens is 404 g/mol. The number of methoxy groups -OCH3 is 2. The Balaban J connectivity index is 0.000000254. The number of hydrogen-bond acceptors (Lipinski definition) is 4. The largest absolute Gasteiger partial charge is 0.497 e. The number of hydrogen-bond donors (Lipinski definition) is 0. The summed E-state index contributed by atoms with van der Waals surface area (Å²) in [6.07, 6.45) is -0.556. The van der Waals surface area contributed by atoms with E-state index in [1.54, 1.807) is 31.4 Å². The SMILES string of the molecule is COCc1ccccc1.COc1ccc(N2C(=O)OC[C@@H]2c2cc(F)cc(F)c2)cc1. The number of ether oxygens (including phenoxy) is 3. The van der Waals surface area contributed by atoms with Crippen LogP contribution in [0.2, 0.25) is 0 Å². The molecule has 0 N–H and O–H groups in total. The lowest BCUT2D eigenvalue weighted by molar-refractivity contribution is 0.179. The molecule has 0 bridgehead atoms. The molecule has 3 aromatic carbocycles. The van der Waals surface area contributed by atoms with Gasteiger partial charge in [0.25, 0.3) is 0 Å². The first-order valence-electron chi connectivity index (χ1n) is 9.60. The van der Waals surface area contributed by atoms with Crippen LogP contribution in [0.1, 0.15) is 17.2 Å². The van der Waals surface area contributed by atoms with Gasteiger partial charge in [0.05, 0.1) is 19.8 Å². The van der Waals surface area contributed by atoms with Crippen molar-refractivity contribution >= 4 is 11.8 Å². The van der Waals surface area contributed by atoms with Crippen LogP contribution in [-0.4, -0.2) is 26.9 Å².